The lowest BCUT2D eigenvalue weighted by Gasteiger charge is -2.13. The van der Waals surface area contributed by atoms with Gasteiger partial charge in [0.25, 0.3) is 0 Å². The quantitative estimate of drug-likeness (QED) is 0.706. The Morgan fingerprint density at radius 3 is 2.80 bits per heavy atom. The highest BCUT2D eigenvalue weighted by atomic mass is 19.1. The number of pyridine rings is 1. The van der Waals surface area contributed by atoms with Gasteiger partial charge in [-0.3, -0.25) is 0 Å². The van der Waals surface area contributed by atoms with Crippen molar-refractivity contribution < 1.29 is 9.13 Å². The van der Waals surface area contributed by atoms with Crippen molar-refractivity contribution in [1.29, 1.82) is 0 Å². The summed E-state index contributed by atoms with van der Waals surface area (Å²) in [5, 5.41) is 3.28. The van der Waals surface area contributed by atoms with Gasteiger partial charge in [0.05, 0.1) is 12.8 Å². The number of rotatable bonds is 9. The van der Waals surface area contributed by atoms with E-state index in [9.17, 15) is 4.39 Å². The molecule has 0 radical (unpaired) electrons. The van der Waals surface area contributed by atoms with Crippen LogP contribution in [0.4, 0.5) is 4.39 Å². The zero-order valence-corrected chi connectivity index (χ0v) is 12.9. The average molecular weight is 283 g/mol. The third kappa shape index (κ3) is 6.82. The molecule has 0 aliphatic carbocycles. The Morgan fingerprint density at radius 1 is 1.40 bits per heavy atom. The smallest absolute Gasteiger partial charge is 0.218 e. The van der Waals surface area contributed by atoms with Gasteiger partial charge >= 0.3 is 0 Å². The zero-order valence-electron chi connectivity index (χ0n) is 12.9. The fraction of sp³-hybridized carbons (Fsp3) is 0.667. The van der Waals surface area contributed by atoms with Gasteiger partial charge in [0.2, 0.25) is 5.88 Å². The number of hydrogen-bond acceptors (Lipinski definition) is 4. The maximum absolute atomic E-state index is 13.3. The first-order chi connectivity index (χ1) is 9.49. The Labute approximate surface area is 121 Å². The monoisotopic (exact) mass is 283 g/mol. The Bertz CT molecular complexity index is 397. The predicted molar refractivity (Wildman–Crippen MR) is 79.4 cm³/mol. The van der Waals surface area contributed by atoms with E-state index in [1.165, 1.54) is 12.3 Å². The van der Waals surface area contributed by atoms with Crippen LogP contribution >= 0.6 is 0 Å². The minimum absolute atomic E-state index is 0.327. The summed E-state index contributed by atoms with van der Waals surface area (Å²) >= 11 is 0. The molecule has 0 aliphatic rings. The van der Waals surface area contributed by atoms with Crippen molar-refractivity contribution in [1.82, 2.24) is 15.2 Å². The molecule has 1 rings (SSSR count). The largest absolute Gasteiger partial charge is 0.477 e. The molecule has 114 valence electrons. The normalized spacial score (nSPS) is 11.3. The van der Waals surface area contributed by atoms with Crippen molar-refractivity contribution in [2.45, 2.75) is 26.8 Å². The van der Waals surface area contributed by atoms with E-state index in [0.29, 0.717) is 24.9 Å². The number of aromatic nitrogens is 1. The van der Waals surface area contributed by atoms with E-state index in [1.807, 2.05) is 14.1 Å². The SMILES string of the molecule is CC(C)CNCc1cc(F)cnc1OCCCN(C)C. The third-order valence-electron chi connectivity index (χ3n) is 2.75. The van der Waals surface area contributed by atoms with E-state index in [4.69, 9.17) is 4.74 Å². The second-order valence-corrected chi connectivity index (χ2v) is 5.65. The molecule has 20 heavy (non-hydrogen) atoms. The molecule has 0 atom stereocenters. The summed E-state index contributed by atoms with van der Waals surface area (Å²) in [6.45, 7) is 7.28. The number of ether oxygens (including phenoxy) is 1. The van der Waals surface area contributed by atoms with Gasteiger partial charge in [0, 0.05) is 18.7 Å². The molecule has 0 saturated carbocycles. The summed E-state index contributed by atoms with van der Waals surface area (Å²) in [6, 6.07) is 1.49. The molecular formula is C15H26FN3O. The molecule has 4 nitrogen and oxygen atoms in total. The van der Waals surface area contributed by atoms with Crippen LogP contribution in [0.3, 0.4) is 0 Å². The highest BCUT2D eigenvalue weighted by Gasteiger charge is 2.07. The number of nitrogens with one attached hydrogen (secondary N) is 1. The van der Waals surface area contributed by atoms with Crippen molar-refractivity contribution >= 4 is 0 Å². The molecule has 0 spiro atoms. The molecule has 1 heterocycles. The van der Waals surface area contributed by atoms with Gasteiger partial charge in [-0.2, -0.15) is 0 Å². The van der Waals surface area contributed by atoms with Crippen LogP contribution in [0.15, 0.2) is 12.3 Å². The summed E-state index contributed by atoms with van der Waals surface area (Å²) in [7, 11) is 4.05. The standard InChI is InChI=1S/C15H26FN3O/c1-12(2)9-17-10-13-8-14(16)11-18-15(13)20-7-5-6-19(3)4/h8,11-12,17H,5-7,9-10H2,1-4H3. The highest BCUT2D eigenvalue weighted by molar-refractivity contribution is 5.26. The molecule has 5 heteroatoms. The summed E-state index contributed by atoms with van der Waals surface area (Å²) in [4.78, 5) is 6.15. The number of nitrogens with zero attached hydrogens (tertiary/aromatic N) is 2. The molecule has 1 aromatic heterocycles. The van der Waals surface area contributed by atoms with E-state index in [-0.39, 0.29) is 5.82 Å². The maximum atomic E-state index is 13.3. The van der Waals surface area contributed by atoms with Gasteiger partial charge in [-0.1, -0.05) is 13.8 Å². The topological polar surface area (TPSA) is 37.4 Å². The summed E-state index contributed by atoms with van der Waals surface area (Å²) in [5.74, 6) is 0.759. The molecule has 1 aromatic rings. The Kier molecular flexibility index (Phi) is 7.47. The molecule has 0 aromatic carbocycles. The summed E-state index contributed by atoms with van der Waals surface area (Å²) in [6.07, 6.45) is 2.12. The lowest BCUT2D eigenvalue weighted by atomic mass is 10.2. The van der Waals surface area contributed by atoms with Crippen molar-refractivity contribution in [3.63, 3.8) is 0 Å². The first-order valence-electron chi connectivity index (χ1n) is 7.11. The van der Waals surface area contributed by atoms with Crippen LogP contribution < -0.4 is 10.1 Å². The fourth-order valence-corrected chi connectivity index (χ4v) is 1.77. The van der Waals surface area contributed by atoms with Gasteiger partial charge in [0.15, 0.2) is 0 Å². The van der Waals surface area contributed by atoms with Crippen LogP contribution in [0.1, 0.15) is 25.8 Å². The second kappa shape index (κ2) is 8.87. The van der Waals surface area contributed by atoms with Crippen molar-refractivity contribution in [2.24, 2.45) is 5.92 Å². The minimum atomic E-state index is -0.327. The predicted octanol–water partition coefficient (Wildman–Crippen LogP) is 2.30. The molecule has 0 fully saturated rings. The van der Waals surface area contributed by atoms with Crippen molar-refractivity contribution in [3.05, 3.63) is 23.6 Å². The van der Waals surface area contributed by atoms with Gasteiger partial charge in [-0.25, -0.2) is 9.37 Å². The molecule has 0 saturated heterocycles. The molecule has 0 amide bonds. The van der Waals surface area contributed by atoms with E-state index in [1.54, 1.807) is 0 Å². The van der Waals surface area contributed by atoms with Crippen LogP contribution in [0.2, 0.25) is 0 Å². The molecular weight excluding hydrogens is 257 g/mol. The molecule has 1 N–H and O–H groups in total. The van der Waals surface area contributed by atoms with E-state index in [2.05, 4.69) is 29.0 Å². The van der Waals surface area contributed by atoms with Gasteiger partial charge in [-0.15, -0.1) is 0 Å². The maximum Gasteiger partial charge on any atom is 0.218 e. The first kappa shape index (κ1) is 16.9. The number of hydrogen-bond donors (Lipinski definition) is 1. The van der Waals surface area contributed by atoms with Gasteiger partial charge in [-0.05, 0) is 39.0 Å². The fourth-order valence-electron chi connectivity index (χ4n) is 1.77. The van der Waals surface area contributed by atoms with Crippen LogP contribution in [0.5, 0.6) is 5.88 Å². The minimum Gasteiger partial charge on any atom is -0.477 e. The average Bonchev–Trinajstić information content (AvgIpc) is 2.36. The Balaban J connectivity index is 2.51. The van der Waals surface area contributed by atoms with Gasteiger partial charge in [0.1, 0.15) is 5.82 Å². The lowest BCUT2D eigenvalue weighted by Crippen LogP contribution is -2.20. The molecule has 0 bridgehead atoms. The summed E-state index contributed by atoms with van der Waals surface area (Å²) < 4.78 is 18.9. The van der Waals surface area contributed by atoms with E-state index >= 15 is 0 Å². The molecule has 0 unspecified atom stereocenters. The van der Waals surface area contributed by atoms with Crippen LogP contribution in [-0.2, 0) is 6.54 Å². The van der Waals surface area contributed by atoms with Crippen LogP contribution in [0.25, 0.3) is 0 Å². The second-order valence-electron chi connectivity index (χ2n) is 5.65. The van der Waals surface area contributed by atoms with Crippen LogP contribution in [0, 0.1) is 11.7 Å². The Morgan fingerprint density at radius 2 is 2.15 bits per heavy atom. The highest BCUT2D eigenvalue weighted by Crippen LogP contribution is 2.16. The van der Waals surface area contributed by atoms with E-state index in [0.717, 1.165) is 25.1 Å². The lowest BCUT2D eigenvalue weighted by molar-refractivity contribution is 0.269. The van der Waals surface area contributed by atoms with Gasteiger partial charge < -0.3 is 15.0 Å². The zero-order chi connectivity index (χ0) is 15.0. The molecule has 0 aliphatic heterocycles. The third-order valence-corrected chi connectivity index (χ3v) is 2.75. The van der Waals surface area contributed by atoms with E-state index < -0.39 is 0 Å². The van der Waals surface area contributed by atoms with Crippen LogP contribution in [-0.4, -0.2) is 43.7 Å². The summed E-state index contributed by atoms with van der Waals surface area (Å²) in [5.41, 5.74) is 0.774. The van der Waals surface area contributed by atoms with Crippen molar-refractivity contribution in [3.8, 4) is 5.88 Å². The number of halogens is 1. The van der Waals surface area contributed by atoms with Crippen molar-refractivity contribution in [2.75, 3.05) is 33.8 Å². The first-order valence-corrected chi connectivity index (χ1v) is 7.11. The Hall–Kier alpha value is -1.20.